The number of pyridine rings is 1. The van der Waals surface area contributed by atoms with Gasteiger partial charge in [-0.3, -0.25) is 4.68 Å². The van der Waals surface area contributed by atoms with Gasteiger partial charge in [-0.1, -0.05) is 0 Å². The molecule has 2 aromatic rings. The van der Waals surface area contributed by atoms with Crippen molar-refractivity contribution in [2.45, 2.75) is 45.1 Å². The van der Waals surface area contributed by atoms with Gasteiger partial charge in [0.2, 0.25) is 0 Å². The van der Waals surface area contributed by atoms with Crippen molar-refractivity contribution in [2.24, 2.45) is 13.0 Å². The van der Waals surface area contributed by atoms with E-state index in [-0.39, 0.29) is 11.6 Å². The quantitative estimate of drug-likeness (QED) is 0.814. The lowest BCUT2D eigenvalue weighted by Crippen LogP contribution is -2.22. The van der Waals surface area contributed by atoms with E-state index in [1.54, 1.807) is 4.68 Å². The highest BCUT2D eigenvalue weighted by Crippen LogP contribution is 2.56. The summed E-state index contributed by atoms with van der Waals surface area (Å²) in [6.45, 7) is 3.80. The molecule has 0 spiro atoms. The first-order valence-electron chi connectivity index (χ1n) is 7.54. The van der Waals surface area contributed by atoms with Gasteiger partial charge in [0.15, 0.2) is 5.65 Å². The van der Waals surface area contributed by atoms with Gasteiger partial charge in [-0.05, 0) is 51.5 Å². The van der Waals surface area contributed by atoms with Gasteiger partial charge in [-0.25, -0.2) is 9.78 Å². The normalized spacial score (nSPS) is 19.8. The van der Waals surface area contributed by atoms with Crippen LogP contribution < -0.4 is 0 Å². The van der Waals surface area contributed by atoms with Crippen molar-refractivity contribution in [3.05, 3.63) is 23.0 Å². The summed E-state index contributed by atoms with van der Waals surface area (Å²) in [6.07, 6.45) is 4.43. The molecule has 0 bridgehead atoms. The fourth-order valence-electron chi connectivity index (χ4n) is 3.30. The van der Waals surface area contributed by atoms with Crippen molar-refractivity contribution in [3.8, 4) is 0 Å². The second-order valence-electron chi connectivity index (χ2n) is 6.45. The summed E-state index contributed by atoms with van der Waals surface area (Å²) < 4.78 is 7.61. The van der Waals surface area contributed by atoms with Crippen molar-refractivity contribution < 1.29 is 9.53 Å². The minimum atomic E-state index is -0.217. The number of hydrogen-bond acceptors (Lipinski definition) is 4. The molecule has 0 amide bonds. The third kappa shape index (κ3) is 1.94. The Bertz CT molecular complexity index is 754. The second kappa shape index (κ2) is 4.06. The minimum Gasteiger partial charge on any atom is -0.455 e. The van der Waals surface area contributed by atoms with Crippen LogP contribution in [0.3, 0.4) is 0 Å². The number of fused-ring (bicyclic) bond motifs is 1. The van der Waals surface area contributed by atoms with Gasteiger partial charge in [0.25, 0.3) is 0 Å². The molecule has 0 aromatic carbocycles. The van der Waals surface area contributed by atoms with Crippen LogP contribution in [0.15, 0.2) is 6.07 Å². The van der Waals surface area contributed by atoms with E-state index in [1.807, 2.05) is 27.0 Å². The third-order valence-corrected chi connectivity index (χ3v) is 4.68. The standard InChI is InChI=1S/C16H19N3O2/c1-9-8-12(13-10(2)18-19(3)14(13)17-9)15(20)21-16(6-7-16)11-4-5-11/h8,11H,4-7H2,1-3H3. The Labute approximate surface area is 123 Å². The monoisotopic (exact) mass is 285 g/mol. The average Bonchev–Trinajstić information content (AvgIpc) is 3.30. The summed E-state index contributed by atoms with van der Waals surface area (Å²) in [5, 5.41) is 5.20. The summed E-state index contributed by atoms with van der Waals surface area (Å²) in [6, 6.07) is 1.82. The highest BCUT2D eigenvalue weighted by molar-refractivity contribution is 6.04. The number of carbonyl (C=O) groups is 1. The maximum atomic E-state index is 12.7. The molecule has 0 aliphatic heterocycles. The molecule has 0 radical (unpaired) electrons. The number of carbonyl (C=O) groups excluding carboxylic acids is 1. The molecule has 21 heavy (non-hydrogen) atoms. The Kier molecular flexibility index (Phi) is 2.47. The minimum absolute atomic E-state index is 0.156. The molecule has 2 aromatic heterocycles. The van der Waals surface area contributed by atoms with Crippen LogP contribution in [-0.2, 0) is 11.8 Å². The van der Waals surface area contributed by atoms with E-state index in [1.165, 1.54) is 12.8 Å². The molecule has 5 heteroatoms. The van der Waals surface area contributed by atoms with E-state index in [0.29, 0.717) is 11.5 Å². The SMILES string of the molecule is Cc1cc(C(=O)OC2(C3CC3)CC2)c2c(C)nn(C)c2n1. The first-order valence-corrected chi connectivity index (χ1v) is 7.54. The van der Waals surface area contributed by atoms with Gasteiger partial charge < -0.3 is 4.74 Å². The van der Waals surface area contributed by atoms with Gasteiger partial charge in [0, 0.05) is 12.7 Å². The fourth-order valence-corrected chi connectivity index (χ4v) is 3.30. The molecule has 4 rings (SSSR count). The van der Waals surface area contributed by atoms with Gasteiger partial charge in [-0.15, -0.1) is 0 Å². The Morgan fingerprint density at radius 2 is 2.10 bits per heavy atom. The van der Waals surface area contributed by atoms with Crippen LogP contribution >= 0.6 is 0 Å². The number of aromatic nitrogens is 3. The molecule has 2 saturated carbocycles. The average molecular weight is 285 g/mol. The third-order valence-electron chi connectivity index (χ3n) is 4.68. The zero-order valence-corrected chi connectivity index (χ0v) is 12.6. The van der Waals surface area contributed by atoms with Gasteiger partial charge >= 0.3 is 5.97 Å². The van der Waals surface area contributed by atoms with Crippen LogP contribution in [0.1, 0.15) is 47.4 Å². The van der Waals surface area contributed by atoms with Gasteiger partial charge in [0.1, 0.15) is 5.60 Å². The van der Waals surface area contributed by atoms with Crippen molar-refractivity contribution in [1.29, 1.82) is 0 Å². The molecule has 2 aliphatic carbocycles. The Balaban J connectivity index is 1.77. The van der Waals surface area contributed by atoms with Crippen LogP contribution in [0.5, 0.6) is 0 Å². The topological polar surface area (TPSA) is 57.0 Å². The summed E-state index contributed by atoms with van der Waals surface area (Å²) in [7, 11) is 1.85. The molecule has 5 nitrogen and oxygen atoms in total. The Morgan fingerprint density at radius 3 is 2.71 bits per heavy atom. The van der Waals surface area contributed by atoms with Crippen LogP contribution in [-0.4, -0.2) is 26.3 Å². The van der Waals surface area contributed by atoms with E-state index in [2.05, 4.69) is 10.1 Å². The first-order chi connectivity index (χ1) is 10.00. The van der Waals surface area contributed by atoms with Gasteiger partial charge in [0.05, 0.1) is 16.6 Å². The van der Waals surface area contributed by atoms with E-state index in [0.717, 1.165) is 35.3 Å². The summed E-state index contributed by atoms with van der Waals surface area (Å²) in [4.78, 5) is 17.2. The molecule has 2 fully saturated rings. The zero-order valence-electron chi connectivity index (χ0n) is 12.6. The molecule has 0 unspecified atom stereocenters. The Morgan fingerprint density at radius 1 is 1.38 bits per heavy atom. The zero-order chi connectivity index (χ0) is 14.8. The lowest BCUT2D eigenvalue weighted by molar-refractivity contribution is 0.0162. The van der Waals surface area contributed by atoms with Crippen molar-refractivity contribution in [3.63, 3.8) is 0 Å². The van der Waals surface area contributed by atoms with Crippen LogP contribution in [0, 0.1) is 19.8 Å². The van der Waals surface area contributed by atoms with Gasteiger partial charge in [-0.2, -0.15) is 5.10 Å². The fraction of sp³-hybridized carbons (Fsp3) is 0.562. The number of esters is 1. The predicted molar refractivity (Wildman–Crippen MR) is 78.1 cm³/mol. The molecule has 2 aliphatic rings. The molecule has 0 atom stereocenters. The summed E-state index contributed by atoms with van der Waals surface area (Å²) in [5.41, 5.74) is 2.83. The number of ether oxygens (including phenoxy) is 1. The van der Waals surface area contributed by atoms with E-state index >= 15 is 0 Å². The van der Waals surface area contributed by atoms with Crippen LogP contribution in [0.2, 0.25) is 0 Å². The largest absolute Gasteiger partial charge is 0.455 e. The number of aryl methyl sites for hydroxylation is 3. The lowest BCUT2D eigenvalue weighted by atomic mass is 10.1. The van der Waals surface area contributed by atoms with Crippen LogP contribution in [0.25, 0.3) is 11.0 Å². The molecular weight excluding hydrogens is 266 g/mol. The molecule has 2 heterocycles. The Hall–Kier alpha value is -1.91. The number of rotatable bonds is 3. The maximum absolute atomic E-state index is 12.7. The first kappa shape index (κ1) is 12.8. The predicted octanol–water partition coefficient (Wildman–Crippen LogP) is 2.68. The molecule has 0 N–H and O–H groups in total. The lowest BCUT2D eigenvalue weighted by Gasteiger charge is -2.16. The maximum Gasteiger partial charge on any atom is 0.339 e. The molecular formula is C16H19N3O2. The van der Waals surface area contributed by atoms with E-state index in [4.69, 9.17) is 4.74 Å². The summed E-state index contributed by atoms with van der Waals surface area (Å²) in [5.74, 6) is 0.376. The van der Waals surface area contributed by atoms with Crippen molar-refractivity contribution in [1.82, 2.24) is 14.8 Å². The second-order valence-corrected chi connectivity index (χ2v) is 6.45. The number of hydrogen-bond donors (Lipinski definition) is 0. The summed E-state index contributed by atoms with van der Waals surface area (Å²) >= 11 is 0. The van der Waals surface area contributed by atoms with Crippen molar-refractivity contribution >= 4 is 17.0 Å². The van der Waals surface area contributed by atoms with E-state index in [9.17, 15) is 4.79 Å². The van der Waals surface area contributed by atoms with E-state index < -0.39 is 0 Å². The smallest absolute Gasteiger partial charge is 0.339 e. The highest BCUT2D eigenvalue weighted by atomic mass is 16.6. The van der Waals surface area contributed by atoms with Crippen LogP contribution in [0.4, 0.5) is 0 Å². The highest BCUT2D eigenvalue weighted by Gasteiger charge is 2.57. The molecule has 0 saturated heterocycles. The van der Waals surface area contributed by atoms with Crippen molar-refractivity contribution in [2.75, 3.05) is 0 Å². The number of nitrogens with zero attached hydrogens (tertiary/aromatic N) is 3. The molecule has 110 valence electrons.